The average molecular weight is 276 g/mol. The van der Waals surface area contributed by atoms with Gasteiger partial charge in [0.2, 0.25) is 11.8 Å². The van der Waals surface area contributed by atoms with Gasteiger partial charge in [-0.15, -0.1) is 10.2 Å². The molecule has 2 N–H and O–H groups in total. The van der Waals surface area contributed by atoms with Crippen LogP contribution in [-0.4, -0.2) is 10.2 Å². The molecule has 5 nitrogen and oxygen atoms in total. The summed E-state index contributed by atoms with van der Waals surface area (Å²) < 4.78 is 5.63. The Morgan fingerprint density at radius 1 is 1.05 bits per heavy atom. The summed E-state index contributed by atoms with van der Waals surface area (Å²) >= 11 is 0. The van der Waals surface area contributed by atoms with Crippen molar-refractivity contribution in [3.05, 3.63) is 71.6 Å². The molecule has 3 aromatic rings. The predicted molar refractivity (Wildman–Crippen MR) is 76.9 cm³/mol. The number of benzene rings is 2. The highest BCUT2D eigenvalue weighted by atomic mass is 16.4. The van der Waals surface area contributed by atoms with E-state index in [0.29, 0.717) is 22.9 Å². The monoisotopic (exact) mass is 276 g/mol. The molecule has 1 atom stereocenters. The van der Waals surface area contributed by atoms with Crippen LogP contribution in [0.2, 0.25) is 0 Å². The minimum absolute atomic E-state index is 0.346. The molecule has 5 heteroatoms. The van der Waals surface area contributed by atoms with Gasteiger partial charge in [0.25, 0.3) is 0 Å². The van der Waals surface area contributed by atoms with E-state index in [9.17, 15) is 0 Å². The molecule has 1 heterocycles. The number of nitriles is 1. The molecule has 1 unspecified atom stereocenters. The van der Waals surface area contributed by atoms with Gasteiger partial charge >= 0.3 is 0 Å². The Bertz CT molecular complexity index is 789. The van der Waals surface area contributed by atoms with Crippen LogP contribution in [0.4, 0.5) is 0 Å². The van der Waals surface area contributed by atoms with Crippen molar-refractivity contribution in [1.82, 2.24) is 10.2 Å². The number of aromatic nitrogens is 2. The Kier molecular flexibility index (Phi) is 3.46. The van der Waals surface area contributed by atoms with E-state index in [0.717, 1.165) is 5.56 Å². The van der Waals surface area contributed by atoms with Gasteiger partial charge < -0.3 is 10.2 Å². The van der Waals surface area contributed by atoms with Crippen molar-refractivity contribution in [1.29, 1.82) is 5.26 Å². The van der Waals surface area contributed by atoms with Crippen molar-refractivity contribution in [2.24, 2.45) is 5.73 Å². The van der Waals surface area contributed by atoms with Crippen LogP contribution in [-0.2, 0) is 0 Å². The molecule has 0 saturated carbocycles. The molecular formula is C16H12N4O. The Morgan fingerprint density at radius 3 is 2.62 bits per heavy atom. The van der Waals surface area contributed by atoms with E-state index < -0.39 is 6.04 Å². The van der Waals surface area contributed by atoms with Crippen LogP contribution in [0.25, 0.3) is 11.5 Å². The molecule has 0 aliphatic rings. The summed E-state index contributed by atoms with van der Waals surface area (Å²) in [6.07, 6.45) is 0. The van der Waals surface area contributed by atoms with Crippen molar-refractivity contribution in [2.75, 3.05) is 0 Å². The summed E-state index contributed by atoms with van der Waals surface area (Å²) in [5.41, 5.74) is 8.26. The summed E-state index contributed by atoms with van der Waals surface area (Å²) in [7, 11) is 0. The van der Waals surface area contributed by atoms with Gasteiger partial charge in [-0.05, 0) is 23.8 Å². The molecule has 0 spiro atoms. The van der Waals surface area contributed by atoms with Crippen LogP contribution in [0.1, 0.15) is 23.1 Å². The smallest absolute Gasteiger partial charge is 0.247 e. The third-order valence-electron chi connectivity index (χ3n) is 3.10. The highest BCUT2D eigenvalue weighted by Gasteiger charge is 2.17. The first-order chi connectivity index (χ1) is 10.3. The quantitative estimate of drug-likeness (QED) is 0.794. The molecule has 2 aromatic carbocycles. The van der Waals surface area contributed by atoms with Crippen LogP contribution >= 0.6 is 0 Å². The van der Waals surface area contributed by atoms with Crippen molar-refractivity contribution in [2.45, 2.75) is 6.04 Å². The Morgan fingerprint density at radius 2 is 1.86 bits per heavy atom. The van der Waals surface area contributed by atoms with Crippen LogP contribution < -0.4 is 5.73 Å². The molecule has 0 fully saturated rings. The van der Waals surface area contributed by atoms with E-state index in [1.165, 1.54) is 0 Å². The molecule has 1 aromatic heterocycles. The maximum absolute atomic E-state index is 8.91. The third kappa shape index (κ3) is 2.66. The van der Waals surface area contributed by atoms with Crippen molar-refractivity contribution in [3.63, 3.8) is 0 Å². The lowest BCUT2D eigenvalue weighted by Gasteiger charge is -2.06. The summed E-state index contributed by atoms with van der Waals surface area (Å²) in [5, 5.41) is 16.9. The van der Waals surface area contributed by atoms with Gasteiger partial charge in [0.1, 0.15) is 6.04 Å². The molecule has 0 radical (unpaired) electrons. The largest absolute Gasteiger partial charge is 0.419 e. The van der Waals surface area contributed by atoms with Crippen LogP contribution in [0.15, 0.2) is 59.0 Å². The number of rotatable bonds is 3. The Labute approximate surface area is 121 Å². The number of nitrogens with two attached hydrogens (primary N) is 1. The van der Waals surface area contributed by atoms with Crippen LogP contribution in [0.5, 0.6) is 0 Å². The van der Waals surface area contributed by atoms with Crippen molar-refractivity contribution in [3.8, 4) is 17.5 Å². The maximum atomic E-state index is 8.91. The summed E-state index contributed by atoms with van der Waals surface area (Å²) in [4.78, 5) is 0. The first-order valence-corrected chi connectivity index (χ1v) is 6.42. The average Bonchev–Trinajstić information content (AvgIpc) is 3.05. The fourth-order valence-electron chi connectivity index (χ4n) is 2.00. The Hall–Kier alpha value is -2.97. The molecular weight excluding hydrogens is 264 g/mol. The molecule has 21 heavy (non-hydrogen) atoms. The lowest BCUT2D eigenvalue weighted by Crippen LogP contribution is -2.11. The van der Waals surface area contributed by atoms with Gasteiger partial charge in [-0.3, -0.25) is 0 Å². The summed E-state index contributed by atoms with van der Waals surface area (Å²) in [5.74, 6) is 0.701. The van der Waals surface area contributed by atoms with Crippen LogP contribution in [0.3, 0.4) is 0 Å². The molecule has 102 valence electrons. The first-order valence-electron chi connectivity index (χ1n) is 6.42. The molecule has 0 amide bonds. The van der Waals surface area contributed by atoms with E-state index in [-0.39, 0.29) is 0 Å². The fourth-order valence-corrected chi connectivity index (χ4v) is 2.00. The van der Waals surface area contributed by atoms with E-state index in [4.69, 9.17) is 15.4 Å². The normalized spacial score (nSPS) is 11.8. The number of hydrogen-bond acceptors (Lipinski definition) is 5. The van der Waals surface area contributed by atoms with Gasteiger partial charge in [-0.1, -0.05) is 36.4 Å². The van der Waals surface area contributed by atoms with Crippen molar-refractivity contribution >= 4 is 0 Å². The minimum Gasteiger partial charge on any atom is -0.419 e. The number of hydrogen-bond donors (Lipinski definition) is 1. The van der Waals surface area contributed by atoms with Gasteiger partial charge in [-0.2, -0.15) is 5.26 Å². The fraction of sp³-hybridized carbons (Fsp3) is 0.0625. The highest BCUT2D eigenvalue weighted by molar-refractivity contribution is 5.55. The number of nitrogens with zero attached hydrogens (tertiary/aromatic N) is 3. The first kappa shape index (κ1) is 13.0. The second-order valence-electron chi connectivity index (χ2n) is 4.53. The lowest BCUT2D eigenvalue weighted by atomic mass is 10.1. The molecule has 3 rings (SSSR count). The minimum atomic E-state index is -0.466. The second kappa shape index (κ2) is 5.57. The summed E-state index contributed by atoms with van der Waals surface area (Å²) in [6, 6.07) is 18.2. The summed E-state index contributed by atoms with van der Waals surface area (Å²) in [6.45, 7) is 0. The van der Waals surface area contributed by atoms with E-state index in [2.05, 4.69) is 16.3 Å². The molecule has 0 saturated heterocycles. The van der Waals surface area contributed by atoms with Gasteiger partial charge in [0, 0.05) is 5.56 Å². The highest BCUT2D eigenvalue weighted by Crippen LogP contribution is 2.23. The zero-order valence-corrected chi connectivity index (χ0v) is 11.1. The zero-order valence-electron chi connectivity index (χ0n) is 11.1. The molecule has 0 aliphatic heterocycles. The topological polar surface area (TPSA) is 88.7 Å². The lowest BCUT2D eigenvalue weighted by molar-refractivity contribution is 0.484. The van der Waals surface area contributed by atoms with E-state index >= 15 is 0 Å². The SMILES string of the molecule is N#Cc1cccc(-c2nnc(C(N)c3ccccc3)o2)c1. The van der Waals surface area contributed by atoms with E-state index in [1.807, 2.05) is 36.4 Å². The van der Waals surface area contributed by atoms with E-state index in [1.54, 1.807) is 18.2 Å². The second-order valence-corrected chi connectivity index (χ2v) is 4.53. The Balaban J connectivity index is 1.91. The molecule has 0 aliphatic carbocycles. The molecule has 0 bridgehead atoms. The predicted octanol–water partition coefficient (Wildman–Crippen LogP) is 2.66. The van der Waals surface area contributed by atoms with Crippen molar-refractivity contribution < 1.29 is 4.42 Å². The standard InChI is InChI=1S/C16H12N4O/c17-10-11-5-4-8-13(9-11)15-19-20-16(21-15)14(18)12-6-2-1-3-7-12/h1-9,14H,18H2. The van der Waals surface area contributed by atoms with Gasteiger partial charge in [-0.25, -0.2) is 0 Å². The van der Waals surface area contributed by atoms with Gasteiger partial charge in [0.05, 0.1) is 11.6 Å². The van der Waals surface area contributed by atoms with Crippen LogP contribution in [0, 0.1) is 11.3 Å². The van der Waals surface area contributed by atoms with Gasteiger partial charge in [0.15, 0.2) is 0 Å². The third-order valence-corrected chi connectivity index (χ3v) is 3.10. The maximum Gasteiger partial charge on any atom is 0.247 e. The zero-order chi connectivity index (χ0) is 14.7.